The van der Waals surface area contributed by atoms with Crippen molar-refractivity contribution in [2.75, 3.05) is 7.11 Å². The maximum atomic E-state index is 16.2. The number of aromatic nitrogens is 1. The van der Waals surface area contributed by atoms with Crippen LogP contribution in [0.15, 0.2) is 57.9 Å². The van der Waals surface area contributed by atoms with Gasteiger partial charge in [0.25, 0.3) is 0 Å². The number of hydrogen-bond donors (Lipinski definition) is 1. The molecule has 1 aliphatic rings. The minimum atomic E-state index is -4.62. The fraction of sp³-hybridized carbons (Fsp3) is 0.250. The number of nitrogens with one attached hydrogen (secondary N) is 1. The van der Waals surface area contributed by atoms with E-state index in [1.54, 1.807) is 6.07 Å². The molecule has 2 atom stereocenters. The highest BCUT2D eigenvalue weighted by Gasteiger charge is 2.60. The molecule has 0 radical (unpaired) electrons. The van der Waals surface area contributed by atoms with Crippen LogP contribution in [0.5, 0.6) is 0 Å². The number of halogens is 2. The van der Waals surface area contributed by atoms with Crippen LogP contribution in [0.4, 0.5) is 4.39 Å². The smallest absolute Gasteiger partial charge is 0.360 e. The molecular weight excluding hydrogens is 449 g/mol. The summed E-state index contributed by atoms with van der Waals surface area (Å²) in [6, 6.07) is 12.9. The summed E-state index contributed by atoms with van der Waals surface area (Å²) in [6.45, 7) is 0. The minimum absolute atomic E-state index is 0.0965. The van der Waals surface area contributed by atoms with Crippen LogP contribution in [-0.4, -0.2) is 31.5 Å². The third kappa shape index (κ3) is 2.69. The van der Waals surface area contributed by atoms with E-state index in [9.17, 15) is 13.2 Å². The fourth-order valence-electron chi connectivity index (χ4n) is 3.92. The molecule has 3 aromatic rings. The zero-order valence-electron chi connectivity index (χ0n) is 14.9. The molecule has 0 fully saturated rings. The monoisotopic (exact) mass is 465 g/mol. The maximum absolute atomic E-state index is 16.2. The number of carbonyl (C=O) groups is 1. The van der Waals surface area contributed by atoms with Gasteiger partial charge in [0, 0.05) is 27.0 Å². The molecule has 1 N–H and O–H groups in total. The summed E-state index contributed by atoms with van der Waals surface area (Å²) in [5.41, 5.74) is 2.46. The topological polar surface area (TPSA) is 76.2 Å². The molecule has 0 aliphatic heterocycles. The van der Waals surface area contributed by atoms with Crippen molar-refractivity contribution in [1.82, 2.24) is 4.98 Å². The number of methoxy groups -OCH3 is 1. The van der Waals surface area contributed by atoms with E-state index in [-0.39, 0.29) is 17.7 Å². The third-order valence-corrected chi connectivity index (χ3v) is 7.96. The number of carbonyl (C=O) groups excluding carboxylic acids is 1. The molecule has 1 heterocycles. The number of rotatable bonds is 4. The molecule has 2 unspecified atom stereocenters. The number of aromatic amines is 1. The van der Waals surface area contributed by atoms with Gasteiger partial charge in [-0.25, -0.2) is 17.6 Å². The Morgan fingerprint density at radius 1 is 1.21 bits per heavy atom. The van der Waals surface area contributed by atoms with Crippen LogP contribution in [0.1, 0.15) is 11.3 Å². The molecule has 0 saturated heterocycles. The van der Waals surface area contributed by atoms with Crippen LogP contribution in [0.2, 0.25) is 0 Å². The van der Waals surface area contributed by atoms with Gasteiger partial charge in [-0.2, -0.15) is 0 Å². The average molecular weight is 466 g/mol. The lowest BCUT2D eigenvalue weighted by Crippen LogP contribution is -2.50. The molecule has 0 saturated carbocycles. The van der Waals surface area contributed by atoms with Gasteiger partial charge < -0.3 is 9.72 Å². The highest BCUT2D eigenvalue weighted by molar-refractivity contribution is 9.10. The summed E-state index contributed by atoms with van der Waals surface area (Å²) in [7, 11) is -3.62. The van der Waals surface area contributed by atoms with Gasteiger partial charge in [-0.15, -0.1) is 0 Å². The van der Waals surface area contributed by atoms with Gasteiger partial charge in [-0.05, 0) is 48.7 Å². The molecule has 1 aliphatic carbocycles. The molecule has 0 bridgehead atoms. The molecule has 8 heteroatoms. The van der Waals surface area contributed by atoms with E-state index < -0.39 is 26.7 Å². The lowest BCUT2D eigenvalue weighted by molar-refractivity contribution is -0.151. The van der Waals surface area contributed by atoms with Gasteiger partial charge >= 0.3 is 11.0 Å². The number of alkyl halides is 1. The SMILES string of the molecule is COC(=O)C(F)(C1Cc2[nH]c3ccc(Br)cc3c2C1)S(=O)(=O)c1ccccc1. The predicted octanol–water partition coefficient (Wildman–Crippen LogP) is 3.96. The molecule has 1 aromatic heterocycles. The Balaban J connectivity index is 1.81. The number of sulfone groups is 1. The first-order valence-corrected chi connectivity index (χ1v) is 10.9. The summed E-state index contributed by atoms with van der Waals surface area (Å²) < 4.78 is 47.9. The standard InChI is InChI=1S/C20H17BrFNO4S/c1-27-19(24)20(22,28(25,26)14-5-3-2-4-6-14)12-9-15-16-11-13(21)7-8-17(16)23-18(15)10-12/h2-8,11-12,23H,9-10H2,1H3. The largest absolute Gasteiger partial charge is 0.466 e. The molecular formula is C20H17BrFNO4S. The van der Waals surface area contributed by atoms with Crippen LogP contribution in [0.3, 0.4) is 0 Å². The van der Waals surface area contributed by atoms with Crippen molar-refractivity contribution in [3.05, 3.63) is 64.3 Å². The quantitative estimate of drug-likeness (QED) is 0.591. The summed E-state index contributed by atoms with van der Waals surface area (Å²) in [6.07, 6.45) is 0.211. The molecule has 4 rings (SSSR count). The number of fused-ring (bicyclic) bond motifs is 3. The van der Waals surface area contributed by atoms with E-state index in [0.717, 1.165) is 33.7 Å². The predicted molar refractivity (Wildman–Crippen MR) is 106 cm³/mol. The number of hydrogen-bond acceptors (Lipinski definition) is 4. The fourth-order valence-corrected chi connectivity index (χ4v) is 6.04. The molecule has 2 aromatic carbocycles. The number of benzene rings is 2. The second-order valence-electron chi connectivity index (χ2n) is 6.83. The number of esters is 1. The number of ether oxygens (including phenoxy) is 1. The Kier molecular flexibility index (Phi) is 4.58. The first kappa shape index (κ1) is 19.1. The van der Waals surface area contributed by atoms with Crippen molar-refractivity contribution < 1.29 is 22.3 Å². The van der Waals surface area contributed by atoms with Crippen molar-refractivity contribution >= 4 is 42.6 Å². The molecule has 146 valence electrons. The van der Waals surface area contributed by atoms with E-state index in [4.69, 9.17) is 0 Å². The summed E-state index contributed by atoms with van der Waals surface area (Å²) >= 11 is 3.42. The van der Waals surface area contributed by atoms with Gasteiger partial charge in [-0.1, -0.05) is 34.1 Å². The average Bonchev–Trinajstić information content (AvgIpc) is 3.25. The van der Waals surface area contributed by atoms with Crippen molar-refractivity contribution in [3.8, 4) is 0 Å². The highest BCUT2D eigenvalue weighted by Crippen LogP contribution is 2.45. The highest BCUT2D eigenvalue weighted by atomic mass is 79.9. The van der Waals surface area contributed by atoms with Crippen molar-refractivity contribution in [1.29, 1.82) is 0 Å². The molecule has 28 heavy (non-hydrogen) atoms. The first-order valence-electron chi connectivity index (χ1n) is 8.65. The van der Waals surface area contributed by atoms with Crippen LogP contribution >= 0.6 is 15.9 Å². The van der Waals surface area contributed by atoms with Crippen molar-refractivity contribution in [2.45, 2.75) is 22.7 Å². The van der Waals surface area contributed by atoms with E-state index in [1.165, 1.54) is 24.3 Å². The molecule has 0 amide bonds. The third-order valence-electron chi connectivity index (χ3n) is 5.29. The zero-order valence-corrected chi connectivity index (χ0v) is 17.3. The normalized spacial score (nSPS) is 18.6. The Morgan fingerprint density at radius 3 is 2.61 bits per heavy atom. The lowest BCUT2D eigenvalue weighted by atomic mass is 9.98. The lowest BCUT2D eigenvalue weighted by Gasteiger charge is -2.28. The van der Waals surface area contributed by atoms with E-state index in [2.05, 4.69) is 25.7 Å². The summed E-state index contributed by atoms with van der Waals surface area (Å²) in [5, 5.41) is -2.29. The minimum Gasteiger partial charge on any atom is -0.466 e. The van der Waals surface area contributed by atoms with E-state index >= 15 is 4.39 Å². The Hall–Kier alpha value is -2.19. The van der Waals surface area contributed by atoms with Gasteiger partial charge in [0.2, 0.25) is 9.84 Å². The second-order valence-corrected chi connectivity index (χ2v) is 9.82. The number of H-pyrrole nitrogens is 1. The van der Waals surface area contributed by atoms with E-state index in [1.807, 2.05) is 18.2 Å². The molecule has 5 nitrogen and oxygen atoms in total. The van der Waals surface area contributed by atoms with Crippen molar-refractivity contribution in [3.63, 3.8) is 0 Å². The molecule has 0 spiro atoms. The summed E-state index contributed by atoms with van der Waals surface area (Å²) in [4.78, 5) is 15.4. The summed E-state index contributed by atoms with van der Waals surface area (Å²) in [5.74, 6) is -2.48. The second kappa shape index (κ2) is 6.70. The Morgan fingerprint density at radius 2 is 1.93 bits per heavy atom. The van der Waals surface area contributed by atoms with Crippen LogP contribution < -0.4 is 0 Å². The van der Waals surface area contributed by atoms with E-state index in [0.29, 0.717) is 0 Å². The van der Waals surface area contributed by atoms with Crippen LogP contribution in [0.25, 0.3) is 10.9 Å². The van der Waals surface area contributed by atoms with Crippen LogP contribution in [-0.2, 0) is 32.2 Å². The van der Waals surface area contributed by atoms with Gasteiger partial charge in [-0.3, -0.25) is 0 Å². The zero-order chi connectivity index (χ0) is 20.1. The maximum Gasteiger partial charge on any atom is 0.360 e. The first-order chi connectivity index (χ1) is 13.3. The van der Waals surface area contributed by atoms with Gasteiger partial charge in [0.15, 0.2) is 0 Å². The Bertz CT molecular complexity index is 1180. The van der Waals surface area contributed by atoms with Crippen LogP contribution in [0, 0.1) is 5.92 Å². The Labute approximate surface area is 169 Å². The van der Waals surface area contributed by atoms with Crippen molar-refractivity contribution in [2.24, 2.45) is 5.92 Å². The van der Waals surface area contributed by atoms with Gasteiger partial charge in [0.1, 0.15) is 0 Å². The van der Waals surface area contributed by atoms with Gasteiger partial charge in [0.05, 0.1) is 12.0 Å².